The van der Waals surface area contributed by atoms with Gasteiger partial charge in [-0.1, -0.05) is 20.8 Å². The van der Waals surface area contributed by atoms with Crippen molar-refractivity contribution in [2.75, 3.05) is 13.1 Å². The van der Waals surface area contributed by atoms with Gasteiger partial charge in [0.2, 0.25) is 0 Å². The summed E-state index contributed by atoms with van der Waals surface area (Å²) in [6.45, 7) is 17.1. The second-order valence-corrected chi connectivity index (χ2v) is 13.4. The molecule has 6 heteroatoms. The molecule has 0 spiro atoms. The molecule has 0 aliphatic carbocycles. The number of carbonyl (C=O) groups excluding carboxylic acids is 2. The van der Waals surface area contributed by atoms with Crippen molar-refractivity contribution in [2.24, 2.45) is 5.92 Å². The predicted molar refractivity (Wildman–Crippen MR) is 89.4 cm³/mol. The summed E-state index contributed by atoms with van der Waals surface area (Å²) >= 11 is 0. The molecule has 0 aromatic carbocycles. The normalized spacial score (nSPS) is 23.5. The van der Waals surface area contributed by atoms with Gasteiger partial charge in [0.15, 0.2) is 8.32 Å². The van der Waals surface area contributed by atoms with E-state index in [1.165, 1.54) is 0 Å². The van der Waals surface area contributed by atoms with Crippen LogP contribution in [0.2, 0.25) is 18.1 Å². The van der Waals surface area contributed by atoms with E-state index in [4.69, 9.17) is 9.16 Å². The van der Waals surface area contributed by atoms with Crippen LogP contribution in [0.25, 0.3) is 0 Å². The van der Waals surface area contributed by atoms with E-state index < -0.39 is 13.9 Å². The molecule has 1 fully saturated rings. The summed E-state index contributed by atoms with van der Waals surface area (Å²) < 4.78 is 11.7. The molecule has 1 rings (SSSR count). The number of carbonyl (C=O) groups is 2. The largest absolute Gasteiger partial charge is 0.444 e. The molecule has 0 aromatic rings. The van der Waals surface area contributed by atoms with Crippen LogP contribution in [0.4, 0.5) is 4.79 Å². The van der Waals surface area contributed by atoms with Crippen molar-refractivity contribution < 1.29 is 18.8 Å². The van der Waals surface area contributed by atoms with E-state index in [0.29, 0.717) is 13.1 Å². The lowest BCUT2D eigenvalue weighted by Gasteiger charge is -2.39. The second-order valence-electron chi connectivity index (χ2n) is 8.60. The third kappa shape index (κ3) is 4.81. The van der Waals surface area contributed by atoms with Crippen molar-refractivity contribution in [1.29, 1.82) is 0 Å². The van der Waals surface area contributed by atoms with Crippen molar-refractivity contribution in [3.05, 3.63) is 0 Å². The molecule has 0 N–H and O–H groups in total. The van der Waals surface area contributed by atoms with Crippen molar-refractivity contribution in [2.45, 2.75) is 71.4 Å². The average molecular weight is 330 g/mol. The molecule has 0 radical (unpaired) electrons. The van der Waals surface area contributed by atoms with E-state index in [1.54, 1.807) is 4.90 Å². The fraction of sp³-hybridized carbons (Fsp3) is 0.875. The molecule has 0 saturated carbocycles. The molecule has 128 valence electrons. The van der Waals surface area contributed by atoms with Crippen LogP contribution >= 0.6 is 0 Å². The summed E-state index contributed by atoms with van der Waals surface area (Å²) in [5, 5.41) is 0.0692. The van der Waals surface area contributed by atoms with E-state index in [9.17, 15) is 9.59 Å². The number of ether oxygens (including phenoxy) is 1. The maximum absolute atomic E-state index is 12.2. The summed E-state index contributed by atoms with van der Waals surface area (Å²) in [6.07, 6.45) is 0.300. The van der Waals surface area contributed by atoms with E-state index in [2.05, 4.69) is 33.9 Å². The third-order valence-corrected chi connectivity index (χ3v) is 8.89. The fourth-order valence-electron chi connectivity index (χ4n) is 2.09. The number of aldehydes is 1. The first-order valence-electron chi connectivity index (χ1n) is 7.88. The SMILES string of the molecule is CC(C)(C)OC(=O)N1CC(C=O)C(O[Si](C)(C)C(C)(C)C)C1. The van der Waals surface area contributed by atoms with Crippen molar-refractivity contribution in [1.82, 2.24) is 4.90 Å². The Morgan fingerprint density at radius 3 is 2.09 bits per heavy atom. The van der Waals surface area contributed by atoms with E-state index >= 15 is 0 Å². The highest BCUT2D eigenvalue weighted by Gasteiger charge is 2.45. The molecule has 5 nitrogen and oxygen atoms in total. The molecule has 1 aliphatic heterocycles. The fourth-order valence-corrected chi connectivity index (χ4v) is 3.45. The topological polar surface area (TPSA) is 55.8 Å². The summed E-state index contributed by atoms with van der Waals surface area (Å²) in [4.78, 5) is 25.1. The van der Waals surface area contributed by atoms with Gasteiger partial charge in [-0.05, 0) is 38.9 Å². The average Bonchev–Trinajstić information content (AvgIpc) is 2.67. The van der Waals surface area contributed by atoms with Gasteiger partial charge in [0.1, 0.15) is 11.9 Å². The van der Waals surface area contributed by atoms with E-state index in [-0.39, 0.29) is 23.2 Å². The number of rotatable bonds is 3. The first-order valence-corrected chi connectivity index (χ1v) is 10.8. The minimum absolute atomic E-state index is 0.0692. The molecule has 1 amide bonds. The number of hydrogen-bond donors (Lipinski definition) is 0. The zero-order chi connectivity index (χ0) is 17.3. The zero-order valence-corrected chi connectivity index (χ0v) is 16.2. The first kappa shape index (κ1) is 19.2. The predicted octanol–water partition coefficient (Wildman–Crippen LogP) is 3.44. The first-order chi connectivity index (χ1) is 9.77. The Balaban J connectivity index is 2.78. The molecular weight excluding hydrogens is 298 g/mol. The van der Waals surface area contributed by atoms with Gasteiger partial charge in [-0.3, -0.25) is 0 Å². The summed E-state index contributed by atoms with van der Waals surface area (Å²) in [5.74, 6) is -0.276. The van der Waals surface area contributed by atoms with Crippen molar-refractivity contribution in [3.63, 3.8) is 0 Å². The maximum Gasteiger partial charge on any atom is 0.410 e. The maximum atomic E-state index is 12.2. The van der Waals surface area contributed by atoms with Crippen LogP contribution in [-0.4, -0.2) is 50.4 Å². The Bertz CT molecular complexity index is 423. The lowest BCUT2D eigenvalue weighted by atomic mass is 10.1. The van der Waals surface area contributed by atoms with Gasteiger partial charge < -0.3 is 18.9 Å². The summed E-state index contributed by atoms with van der Waals surface area (Å²) in [6, 6.07) is 0. The van der Waals surface area contributed by atoms with Gasteiger partial charge in [-0.15, -0.1) is 0 Å². The van der Waals surface area contributed by atoms with Crippen LogP contribution in [0.15, 0.2) is 0 Å². The number of amides is 1. The lowest BCUT2D eigenvalue weighted by Crippen LogP contribution is -2.46. The molecule has 1 aliphatic rings. The van der Waals surface area contributed by atoms with Crippen LogP contribution in [0.5, 0.6) is 0 Å². The van der Waals surface area contributed by atoms with Crippen LogP contribution in [0.3, 0.4) is 0 Å². The minimum atomic E-state index is -1.98. The Labute approximate surface area is 135 Å². The van der Waals surface area contributed by atoms with E-state index in [1.807, 2.05) is 20.8 Å². The van der Waals surface area contributed by atoms with Crippen molar-refractivity contribution >= 4 is 20.7 Å². The summed E-state index contributed by atoms with van der Waals surface area (Å²) in [5.41, 5.74) is -0.536. The minimum Gasteiger partial charge on any atom is -0.444 e. The molecule has 0 aromatic heterocycles. The van der Waals surface area contributed by atoms with Crippen molar-refractivity contribution in [3.8, 4) is 0 Å². The van der Waals surface area contributed by atoms with Gasteiger partial charge in [0, 0.05) is 13.1 Å². The van der Waals surface area contributed by atoms with E-state index in [0.717, 1.165) is 6.29 Å². The number of nitrogens with zero attached hydrogens (tertiary/aromatic N) is 1. The van der Waals surface area contributed by atoms with Crippen LogP contribution in [0, 0.1) is 5.92 Å². The Hall–Kier alpha value is -0.883. The monoisotopic (exact) mass is 329 g/mol. The van der Waals surface area contributed by atoms with Gasteiger partial charge in [-0.2, -0.15) is 0 Å². The van der Waals surface area contributed by atoms with Crippen LogP contribution in [-0.2, 0) is 14.0 Å². The third-order valence-electron chi connectivity index (χ3n) is 4.39. The Kier molecular flexibility index (Phi) is 5.50. The second kappa shape index (κ2) is 6.32. The number of likely N-dealkylation sites (tertiary alicyclic amines) is 1. The molecule has 1 saturated heterocycles. The van der Waals surface area contributed by atoms with Gasteiger partial charge in [0.05, 0.1) is 12.0 Å². The molecule has 1 heterocycles. The molecule has 0 bridgehead atoms. The highest BCUT2D eigenvalue weighted by atomic mass is 28.4. The smallest absolute Gasteiger partial charge is 0.410 e. The molecule has 2 atom stereocenters. The highest BCUT2D eigenvalue weighted by molar-refractivity contribution is 6.74. The van der Waals surface area contributed by atoms with Gasteiger partial charge >= 0.3 is 6.09 Å². The van der Waals surface area contributed by atoms with Gasteiger partial charge in [-0.25, -0.2) is 4.79 Å². The molecular formula is C16H31NO4Si. The van der Waals surface area contributed by atoms with Crippen LogP contribution in [0.1, 0.15) is 41.5 Å². The summed E-state index contributed by atoms with van der Waals surface area (Å²) in [7, 11) is -1.98. The Morgan fingerprint density at radius 2 is 1.68 bits per heavy atom. The van der Waals surface area contributed by atoms with Crippen LogP contribution < -0.4 is 0 Å². The Morgan fingerprint density at radius 1 is 1.14 bits per heavy atom. The molecule has 2 unspecified atom stereocenters. The standard InChI is InChI=1S/C16H31NO4Si/c1-15(2,3)20-14(19)17-9-12(11-18)13(10-17)21-22(7,8)16(4,5)6/h11-13H,9-10H2,1-8H3. The highest BCUT2D eigenvalue weighted by Crippen LogP contribution is 2.39. The number of hydrogen-bond acceptors (Lipinski definition) is 4. The van der Waals surface area contributed by atoms with Gasteiger partial charge in [0.25, 0.3) is 0 Å². The molecule has 22 heavy (non-hydrogen) atoms. The lowest BCUT2D eigenvalue weighted by molar-refractivity contribution is -0.112. The quantitative estimate of drug-likeness (QED) is 0.588. The zero-order valence-electron chi connectivity index (χ0n) is 15.2.